The van der Waals surface area contributed by atoms with Gasteiger partial charge in [-0.05, 0) is 40.2 Å². The number of ether oxygens (including phenoxy) is 1. The van der Waals surface area contributed by atoms with Crippen molar-refractivity contribution in [3.63, 3.8) is 0 Å². The molecule has 4 heteroatoms. The summed E-state index contributed by atoms with van der Waals surface area (Å²) in [6.45, 7) is 15.9. The van der Waals surface area contributed by atoms with Crippen molar-refractivity contribution in [2.24, 2.45) is 0 Å². The van der Waals surface area contributed by atoms with Crippen LogP contribution < -0.4 is 5.32 Å². The van der Waals surface area contributed by atoms with E-state index in [0.717, 1.165) is 17.9 Å². The van der Waals surface area contributed by atoms with Gasteiger partial charge in [-0.1, -0.05) is 20.4 Å². The Kier molecular flexibility index (Phi) is 10.6. The predicted octanol–water partition coefficient (Wildman–Crippen LogP) is 3.58. The molecule has 0 saturated heterocycles. The summed E-state index contributed by atoms with van der Waals surface area (Å²) < 4.78 is 5.19. The molecule has 1 rings (SSSR count). The third-order valence-electron chi connectivity index (χ3n) is 2.78. The second kappa shape index (κ2) is 11.4. The Labute approximate surface area is 123 Å². The maximum atomic E-state index is 5.19. The van der Waals surface area contributed by atoms with Crippen LogP contribution in [-0.4, -0.2) is 29.2 Å². The van der Waals surface area contributed by atoms with Crippen molar-refractivity contribution in [3.8, 4) is 0 Å². The summed E-state index contributed by atoms with van der Waals surface area (Å²) in [6.07, 6.45) is 5.89. The first-order valence-corrected chi connectivity index (χ1v) is 7.39. The van der Waals surface area contributed by atoms with Crippen LogP contribution in [0.1, 0.15) is 51.9 Å². The van der Waals surface area contributed by atoms with Crippen LogP contribution in [0.25, 0.3) is 5.76 Å². The smallest absolute Gasteiger partial charge is 0.125 e. The molecule has 1 atom stereocenters. The number of rotatable bonds is 7. The van der Waals surface area contributed by atoms with Crippen LogP contribution in [-0.2, 0) is 4.74 Å². The van der Waals surface area contributed by atoms with Crippen molar-refractivity contribution in [2.75, 3.05) is 13.2 Å². The van der Waals surface area contributed by atoms with Crippen molar-refractivity contribution in [3.05, 3.63) is 30.4 Å². The number of nitrogens with one attached hydrogen (secondary N) is 1. The fourth-order valence-corrected chi connectivity index (χ4v) is 1.33. The lowest BCUT2D eigenvalue weighted by molar-refractivity contribution is 0.299. The Morgan fingerprint density at radius 2 is 1.90 bits per heavy atom. The summed E-state index contributed by atoms with van der Waals surface area (Å²) in [4.78, 5) is 8.06. The third kappa shape index (κ3) is 8.64. The molecule has 0 aromatic carbocycles. The Balaban J connectivity index is 0.000000396. The van der Waals surface area contributed by atoms with Gasteiger partial charge in [-0.15, -0.1) is 0 Å². The molecule has 0 amide bonds. The molecule has 0 aliphatic carbocycles. The molecule has 0 bridgehead atoms. The zero-order chi connectivity index (χ0) is 15.4. The van der Waals surface area contributed by atoms with Gasteiger partial charge < -0.3 is 10.1 Å². The number of nitrogens with zero attached hydrogens (tertiary/aromatic N) is 2. The fraction of sp³-hybridized carbons (Fsp3) is 0.625. The van der Waals surface area contributed by atoms with Crippen molar-refractivity contribution in [1.29, 1.82) is 0 Å². The first-order chi connectivity index (χ1) is 9.54. The first kappa shape index (κ1) is 18.6. The highest BCUT2D eigenvalue weighted by atomic mass is 16.5. The quantitative estimate of drug-likeness (QED) is 0.775. The lowest BCUT2D eigenvalue weighted by Gasteiger charge is -2.08. The highest BCUT2D eigenvalue weighted by molar-refractivity contribution is 5.55. The number of aryl methyl sites for hydroxylation is 1. The minimum atomic E-state index is 0.618. The van der Waals surface area contributed by atoms with Gasteiger partial charge in [0.25, 0.3) is 0 Å². The largest absolute Gasteiger partial charge is 0.494 e. The molecule has 0 aliphatic heterocycles. The van der Waals surface area contributed by atoms with E-state index in [4.69, 9.17) is 4.74 Å². The van der Waals surface area contributed by atoms with Gasteiger partial charge in [0.2, 0.25) is 0 Å². The molecule has 1 unspecified atom stereocenters. The van der Waals surface area contributed by atoms with Crippen molar-refractivity contribution >= 4 is 5.76 Å². The summed E-state index contributed by atoms with van der Waals surface area (Å²) >= 11 is 0. The van der Waals surface area contributed by atoms with Crippen LogP contribution in [0.2, 0.25) is 0 Å². The van der Waals surface area contributed by atoms with E-state index in [-0.39, 0.29) is 0 Å². The minimum Gasteiger partial charge on any atom is -0.494 e. The molecule has 1 aromatic rings. The van der Waals surface area contributed by atoms with E-state index in [1.165, 1.54) is 12.8 Å². The van der Waals surface area contributed by atoms with Crippen molar-refractivity contribution < 1.29 is 4.74 Å². The van der Waals surface area contributed by atoms with E-state index >= 15 is 0 Å². The molecule has 0 aliphatic rings. The molecule has 20 heavy (non-hydrogen) atoms. The Bertz CT molecular complexity index is 362. The van der Waals surface area contributed by atoms with E-state index in [0.29, 0.717) is 18.4 Å². The zero-order valence-electron chi connectivity index (χ0n) is 13.6. The lowest BCUT2D eigenvalue weighted by Crippen LogP contribution is -2.25. The van der Waals surface area contributed by atoms with Crippen LogP contribution in [0.5, 0.6) is 0 Å². The Hall–Kier alpha value is -1.42. The summed E-state index contributed by atoms with van der Waals surface area (Å²) in [5, 5.41) is 3.38. The molecule has 0 saturated carbocycles. The molecule has 1 aromatic heterocycles. The van der Waals surface area contributed by atoms with Gasteiger partial charge in [-0.25, -0.2) is 9.97 Å². The van der Waals surface area contributed by atoms with E-state index in [1.807, 2.05) is 13.8 Å². The average molecular weight is 279 g/mol. The van der Waals surface area contributed by atoms with Crippen LogP contribution in [0.15, 0.2) is 19.0 Å². The SMILES string of the molecule is C=C(OCC)c1cnc(C)nc1.CCCNC(C)CC. The van der Waals surface area contributed by atoms with Crippen molar-refractivity contribution in [1.82, 2.24) is 15.3 Å². The topological polar surface area (TPSA) is 47.0 Å². The maximum Gasteiger partial charge on any atom is 0.125 e. The van der Waals surface area contributed by atoms with Crippen molar-refractivity contribution in [2.45, 2.75) is 53.5 Å². The molecular weight excluding hydrogens is 250 g/mol. The molecule has 4 nitrogen and oxygen atoms in total. The molecular formula is C16H29N3O. The van der Waals surface area contributed by atoms with Gasteiger partial charge in [0.1, 0.15) is 11.6 Å². The highest BCUT2D eigenvalue weighted by Gasteiger charge is 1.98. The maximum absolute atomic E-state index is 5.19. The number of hydrogen-bond donors (Lipinski definition) is 1. The monoisotopic (exact) mass is 279 g/mol. The normalized spacial score (nSPS) is 11.2. The molecule has 0 radical (unpaired) electrons. The zero-order valence-corrected chi connectivity index (χ0v) is 13.6. The Morgan fingerprint density at radius 3 is 2.35 bits per heavy atom. The summed E-state index contributed by atoms with van der Waals surface area (Å²) in [5.41, 5.74) is 0.836. The summed E-state index contributed by atoms with van der Waals surface area (Å²) in [5.74, 6) is 1.38. The van der Waals surface area contributed by atoms with Gasteiger partial charge in [-0.2, -0.15) is 0 Å². The van der Waals surface area contributed by atoms with E-state index in [9.17, 15) is 0 Å². The minimum absolute atomic E-state index is 0.618. The van der Waals surface area contributed by atoms with Gasteiger partial charge in [-0.3, -0.25) is 0 Å². The van der Waals surface area contributed by atoms with Gasteiger partial charge in [0, 0.05) is 18.4 Å². The van der Waals surface area contributed by atoms with Crippen LogP contribution in [0.3, 0.4) is 0 Å². The second-order valence-electron chi connectivity index (χ2n) is 4.64. The predicted molar refractivity (Wildman–Crippen MR) is 85.5 cm³/mol. The molecule has 114 valence electrons. The standard InChI is InChI=1S/C9H12N2O.C7H17N/c1-4-12-7(2)9-5-10-8(3)11-6-9;1-4-6-8-7(3)5-2/h5-6H,2,4H2,1,3H3;7-8H,4-6H2,1-3H3. The molecule has 1 N–H and O–H groups in total. The van der Waals surface area contributed by atoms with E-state index < -0.39 is 0 Å². The highest BCUT2D eigenvalue weighted by Crippen LogP contribution is 2.10. The van der Waals surface area contributed by atoms with Crippen LogP contribution in [0.4, 0.5) is 0 Å². The van der Waals surface area contributed by atoms with Gasteiger partial charge in [0.05, 0.1) is 12.2 Å². The average Bonchev–Trinajstić information content (AvgIpc) is 2.46. The fourth-order valence-electron chi connectivity index (χ4n) is 1.33. The second-order valence-corrected chi connectivity index (χ2v) is 4.64. The molecule has 1 heterocycles. The lowest BCUT2D eigenvalue weighted by atomic mass is 10.2. The summed E-state index contributed by atoms with van der Waals surface area (Å²) in [7, 11) is 0. The first-order valence-electron chi connectivity index (χ1n) is 7.39. The van der Waals surface area contributed by atoms with Crippen LogP contribution in [0, 0.1) is 6.92 Å². The third-order valence-corrected chi connectivity index (χ3v) is 2.78. The number of aromatic nitrogens is 2. The Morgan fingerprint density at radius 1 is 1.30 bits per heavy atom. The van der Waals surface area contributed by atoms with Gasteiger partial charge in [0.15, 0.2) is 0 Å². The molecule has 0 spiro atoms. The number of hydrogen-bond acceptors (Lipinski definition) is 4. The van der Waals surface area contributed by atoms with Crippen LogP contribution >= 0.6 is 0 Å². The van der Waals surface area contributed by atoms with E-state index in [2.05, 4.69) is 42.6 Å². The molecule has 0 fully saturated rings. The van der Waals surface area contributed by atoms with E-state index in [1.54, 1.807) is 12.4 Å². The van der Waals surface area contributed by atoms with Gasteiger partial charge >= 0.3 is 0 Å². The summed E-state index contributed by atoms with van der Waals surface area (Å²) in [6, 6.07) is 0.704.